The van der Waals surface area contributed by atoms with Gasteiger partial charge >= 0.3 is 0 Å². The highest BCUT2D eigenvalue weighted by Gasteiger charge is 2.22. The first-order valence-corrected chi connectivity index (χ1v) is 6.64. The molecule has 0 unspecified atom stereocenters. The summed E-state index contributed by atoms with van der Waals surface area (Å²) in [6.07, 6.45) is 3.67. The Labute approximate surface area is 109 Å². The standard InChI is InChI=1S/C13H24N2O3/c1-11(16)14-7-5-13(17)15-8-3-4-12(10-15)6-9-18-2/h12H,3-10H2,1-2H3,(H,14,16)/t12-/m0/s1. The summed E-state index contributed by atoms with van der Waals surface area (Å²) in [7, 11) is 1.71. The third-order valence-electron chi connectivity index (χ3n) is 3.31. The molecule has 1 saturated heterocycles. The molecule has 2 amide bonds. The van der Waals surface area contributed by atoms with Crippen LogP contribution in [0.1, 0.15) is 32.6 Å². The fourth-order valence-electron chi connectivity index (χ4n) is 2.32. The van der Waals surface area contributed by atoms with Crippen LogP contribution in [0, 0.1) is 5.92 Å². The maximum absolute atomic E-state index is 11.9. The molecule has 1 rings (SSSR count). The van der Waals surface area contributed by atoms with Crippen LogP contribution in [0.5, 0.6) is 0 Å². The molecule has 1 N–H and O–H groups in total. The average molecular weight is 256 g/mol. The van der Waals surface area contributed by atoms with Crippen LogP contribution in [-0.2, 0) is 14.3 Å². The molecule has 1 heterocycles. The molecule has 0 aromatic carbocycles. The predicted octanol–water partition coefficient (Wildman–Crippen LogP) is 0.788. The van der Waals surface area contributed by atoms with E-state index in [4.69, 9.17) is 4.74 Å². The summed E-state index contributed by atoms with van der Waals surface area (Å²) in [6.45, 7) is 4.35. The largest absolute Gasteiger partial charge is 0.385 e. The van der Waals surface area contributed by atoms with Crippen LogP contribution in [-0.4, -0.2) is 50.1 Å². The lowest BCUT2D eigenvalue weighted by molar-refractivity contribution is -0.133. The van der Waals surface area contributed by atoms with Gasteiger partial charge in [0.15, 0.2) is 0 Å². The first-order chi connectivity index (χ1) is 8.63. The Kier molecular flexibility index (Phi) is 6.72. The van der Waals surface area contributed by atoms with Crippen molar-refractivity contribution < 1.29 is 14.3 Å². The van der Waals surface area contributed by atoms with Gasteiger partial charge in [-0.25, -0.2) is 0 Å². The number of likely N-dealkylation sites (tertiary alicyclic amines) is 1. The lowest BCUT2D eigenvalue weighted by Gasteiger charge is -2.32. The Hall–Kier alpha value is -1.10. The van der Waals surface area contributed by atoms with E-state index in [1.54, 1.807) is 7.11 Å². The second-order valence-electron chi connectivity index (χ2n) is 4.86. The van der Waals surface area contributed by atoms with Gasteiger partial charge in [-0.1, -0.05) is 0 Å². The average Bonchev–Trinajstić information content (AvgIpc) is 2.36. The molecule has 18 heavy (non-hydrogen) atoms. The van der Waals surface area contributed by atoms with Gasteiger partial charge < -0.3 is 15.0 Å². The molecule has 104 valence electrons. The zero-order valence-electron chi connectivity index (χ0n) is 11.4. The van der Waals surface area contributed by atoms with Crippen molar-refractivity contribution in [3.05, 3.63) is 0 Å². The number of nitrogens with zero attached hydrogens (tertiary/aromatic N) is 1. The monoisotopic (exact) mass is 256 g/mol. The van der Waals surface area contributed by atoms with Crippen molar-refractivity contribution in [2.45, 2.75) is 32.6 Å². The summed E-state index contributed by atoms with van der Waals surface area (Å²) >= 11 is 0. The summed E-state index contributed by atoms with van der Waals surface area (Å²) in [5.74, 6) is 0.619. The van der Waals surface area contributed by atoms with E-state index < -0.39 is 0 Å². The first kappa shape index (κ1) is 15.0. The topological polar surface area (TPSA) is 58.6 Å². The van der Waals surface area contributed by atoms with Crippen molar-refractivity contribution in [2.75, 3.05) is 33.4 Å². The van der Waals surface area contributed by atoms with E-state index in [2.05, 4.69) is 5.32 Å². The van der Waals surface area contributed by atoms with Gasteiger partial charge in [0.05, 0.1) is 0 Å². The number of carbonyl (C=O) groups excluding carboxylic acids is 2. The molecular weight excluding hydrogens is 232 g/mol. The molecule has 0 spiro atoms. The molecule has 0 aromatic heterocycles. The minimum atomic E-state index is -0.0839. The summed E-state index contributed by atoms with van der Waals surface area (Å²) < 4.78 is 5.08. The van der Waals surface area contributed by atoms with Crippen LogP contribution in [0.3, 0.4) is 0 Å². The van der Waals surface area contributed by atoms with Crippen molar-refractivity contribution in [3.8, 4) is 0 Å². The maximum atomic E-state index is 11.9. The molecule has 1 fully saturated rings. The zero-order valence-corrected chi connectivity index (χ0v) is 11.4. The number of hydrogen-bond donors (Lipinski definition) is 1. The highest BCUT2D eigenvalue weighted by molar-refractivity contribution is 5.78. The molecule has 1 aliphatic rings. The number of amides is 2. The molecule has 0 radical (unpaired) electrons. The molecule has 0 aliphatic carbocycles. The highest BCUT2D eigenvalue weighted by Crippen LogP contribution is 2.19. The van der Waals surface area contributed by atoms with Gasteiger partial charge in [0.25, 0.3) is 0 Å². The normalized spacial score (nSPS) is 19.7. The van der Waals surface area contributed by atoms with Crippen molar-refractivity contribution in [1.82, 2.24) is 10.2 Å². The second-order valence-corrected chi connectivity index (χ2v) is 4.86. The Morgan fingerprint density at radius 3 is 2.89 bits per heavy atom. The minimum Gasteiger partial charge on any atom is -0.385 e. The number of nitrogens with one attached hydrogen (secondary N) is 1. The van der Waals surface area contributed by atoms with Crippen LogP contribution < -0.4 is 5.32 Å². The van der Waals surface area contributed by atoms with Gasteiger partial charge in [0.1, 0.15) is 0 Å². The van der Waals surface area contributed by atoms with Crippen LogP contribution >= 0.6 is 0 Å². The van der Waals surface area contributed by atoms with E-state index in [0.29, 0.717) is 18.9 Å². The lowest BCUT2D eigenvalue weighted by Crippen LogP contribution is -2.41. The second kappa shape index (κ2) is 8.08. The molecule has 5 nitrogen and oxygen atoms in total. The summed E-state index contributed by atoms with van der Waals surface area (Å²) in [5, 5.41) is 2.65. The van der Waals surface area contributed by atoms with Crippen molar-refractivity contribution in [1.29, 1.82) is 0 Å². The Morgan fingerprint density at radius 2 is 2.22 bits per heavy atom. The smallest absolute Gasteiger partial charge is 0.224 e. The first-order valence-electron chi connectivity index (χ1n) is 6.64. The number of piperidine rings is 1. The number of hydrogen-bond acceptors (Lipinski definition) is 3. The number of ether oxygens (including phenoxy) is 1. The van der Waals surface area contributed by atoms with Gasteiger partial charge in [-0.2, -0.15) is 0 Å². The Balaban J connectivity index is 2.27. The summed E-state index contributed by atoms with van der Waals surface area (Å²) in [4.78, 5) is 24.6. The predicted molar refractivity (Wildman–Crippen MR) is 69.1 cm³/mol. The maximum Gasteiger partial charge on any atom is 0.224 e. The van der Waals surface area contributed by atoms with Crippen LogP contribution in [0.25, 0.3) is 0 Å². The van der Waals surface area contributed by atoms with E-state index in [1.165, 1.54) is 13.3 Å². The van der Waals surface area contributed by atoms with Crippen LogP contribution in [0.15, 0.2) is 0 Å². The lowest BCUT2D eigenvalue weighted by atomic mass is 9.95. The van der Waals surface area contributed by atoms with Crippen LogP contribution in [0.2, 0.25) is 0 Å². The summed E-state index contributed by atoms with van der Waals surface area (Å²) in [6, 6.07) is 0. The molecule has 0 bridgehead atoms. The molecule has 5 heteroatoms. The van der Waals surface area contributed by atoms with Gasteiger partial charge in [-0.05, 0) is 25.2 Å². The quantitative estimate of drug-likeness (QED) is 0.764. The molecule has 0 aromatic rings. The fraction of sp³-hybridized carbons (Fsp3) is 0.846. The van der Waals surface area contributed by atoms with E-state index in [0.717, 1.165) is 32.5 Å². The van der Waals surface area contributed by atoms with Crippen molar-refractivity contribution >= 4 is 11.8 Å². The SMILES string of the molecule is COCC[C@@H]1CCCN(C(=O)CCNC(C)=O)C1. The van der Waals surface area contributed by atoms with E-state index >= 15 is 0 Å². The molecule has 0 saturated carbocycles. The fourth-order valence-corrected chi connectivity index (χ4v) is 2.32. The van der Waals surface area contributed by atoms with Gasteiger partial charge in [0.2, 0.25) is 11.8 Å². The number of rotatable bonds is 6. The van der Waals surface area contributed by atoms with Crippen molar-refractivity contribution in [3.63, 3.8) is 0 Å². The van der Waals surface area contributed by atoms with Crippen molar-refractivity contribution in [2.24, 2.45) is 5.92 Å². The van der Waals surface area contributed by atoms with Gasteiger partial charge in [-0.15, -0.1) is 0 Å². The third kappa shape index (κ3) is 5.49. The van der Waals surface area contributed by atoms with Gasteiger partial charge in [-0.3, -0.25) is 9.59 Å². The van der Waals surface area contributed by atoms with Crippen LogP contribution in [0.4, 0.5) is 0 Å². The van der Waals surface area contributed by atoms with E-state index in [-0.39, 0.29) is 11.8 Å². The Bertz CT molecular complexity index is 281. The molecule has 1 aliphatic heterocycles. The number of methoxy groups -OCH3 is 1. The third-order valence-corrected chi connectivity index (χ3v) is 3.31. The number of carbonyl (C=O) groups is 2. The summed E-state index contributed by atoms with van der Waals surface area (Å²) in [5.41, 5.74) is 0. The molecule has 1 atom stereocenters. The van der Waals surface area contributed by atoms with Gasteiger partial charge in [0, 0.05) is 46.7 Å². The van der Waals surface area contributed by atoms with E-state index in [9.17, 15) is 9.59 Å². The molecular formula is C13H24N2O3. The minimum absolute atomic E-state index is 0.0839. The zero-order chi connectivity index (χ0) is 13.4. The highest BCUT2D eigenvalue weighted by atomic mass is 16.5. The van der Waals surface area contributed by atoms with E-state index in [1.807, 2.05) is 4.90 Å². The Morgan fingerprint density at radius 1 is 1.44 bits per heavy atom.